The van der Waals surface area contributed by atoms with Crippen LogP contribution in [0.5, 0.6) is 0 Å². The van der Waals surface area contributed by atoms with Crippen LogP contribution in [0.15, 0.2) is 48.5 Å². The molecule has 0 aliphatic carbocycles. The normalized spacial score (nSPS) is 9.71. The Kier molecular flexibility index (Phi) is 4.94. The van der Waals surface area contributed by atoms with E-state index in [0.717, 1.165) is 16.8 Å². The average molecular weight is 279 g/mol. The Bertz CT molecular complexity index is 639. The Hall–Kier alpha value is -2.80. The van der Waals surface area contributed by atoms with E-state index in [4.69, 9.17) is 5.26 Å². The van der Waals surface area contributed by atoms with Crippen molar-refractivity contribution in [3.05, 3.63) is 65.2 Å². The van der Waals surface area contributed by atoms with Gasteiger partial charge in [0.1, 0.15) is 0 Å². The van der Waals surface area contributed by atoms with Crippen molar-refractivity contribution in [1.82, 2.24) is 5.32 Å². The number of carbonyl (C=O) groups is 1. The average Bonchev–Trinajstić information content (AvgIpc) is 2.54. The van der Waals surface area contributed by atoms with Gasteiger partial charge in [-0.05, 0) is 35.4 Å². The molecule has 0 spiro atoms. The molecule has 4 heteroatoms. The van der Waals surface area contributed by atoms with Gasteiger partial charge >= 0.3 is 0 Å². The molecule has 0 unspecified atom stereocenters. The van der Waals surface area contributed by atoms with Crippen LogP contribution in [-0.2, 0) is 17.8 Å². The molecule has 0 fully saturated rings. The molecular weight excluding hydrogens is 262 g/mol. The molecule has 2 rings (SSSR count). The number of carbonyl (C=O) groups excluding carboxylic acids is 1. The van der Waals surface area contributed by atoms with Crippen LogP contribution < -0.4 is 10.6 Å². The summed E-state index contributed by atoms with van der Waals surface area (Å²) >= 11 is 0. The van der Waals surface area contributed by atoms with Gasteiger partial charge in [0, 0.05) is 19.3 Å². The summed E-state index contributed by atoms with van der Waals surface area (Å²) in [5.41, 5.74) is 3.76. The van der Waals surface area contributed by atoms with Gasteiger partial charge in [0.15, 0.2) is 0 Å². The lowest BCUT2D eigenvalue weighted by atomic mass is 10.1. The predicted octanol–water partition coefficient (Wildman–Crippen LogP) is 2.46. The number of likely N-dealkylation sites (N-methyl/N-ethyl adjacent to an activating group) is 1. The monoisotopic (exact) mass is 279 g/mol. The third-order valence-corrected chi connectivity index (χ3v) is 3.18. The van der Waals surface area contributed by atoms with E-state index >= 15 is 0 Å². The molecule has 0 bridgehead atoms. The van der Waals surface area contributed by atoms with Crippen LogP contribution in [0.2, 0.25) is 0 Å². The van der Waals surface area contributed by atoms with Gasteiger partial charge in [-0.2, -0.15) is 5.26 Å². The lowest BCUT2D eigenvalue weighted by Gasteiger charge is -2.08. The number of anilines is 1. The Morgan fingerprint density at radius 1 is 1.05 bits per heavy atom. The topological polar surface area (TPSA) is 64.9 Å². The highest BCUT2D eigenvalue weighted by atomic mass is 16.1. The number of hydrogen-bond donors (Lipinski definition) is 2. The molecule has 0 heterocycles. The van der Waals surface area contributed by atoms with Crippen molar-refractivity contribution in [3.8, 4) is 6.07 Å². The summed E-state index contributed by atoms with van der Waals surface area (Å²) in [6, 6.07) is 17.4. The minimum atomic E-state index is 0.00768. The largest absolute Gasteiger partial charge is 0.381 e. The standard InChI is InChI=1S/C17H17N3O/c1-19-17(21)10-13-6-8-16(9-7-13)20-12-15-4-2-14(11-18)3-5-15/h2-9,20H,10,12H2,1H3,(H,19,21). The van der Waals surface area contributed by atoms with Crippen molar-refractivity contribution >= 4 is 11.6 Å². The number of hydrogen-bond acceptors (Lipinski definition) is 3. The van der Waals surface area contributed by atoms with E-state index in [9.17, 15) is 4.79 Å². The van der Waals surface area contributed by atoms with Crippen LogP contribution in [-0.4, -0.2) is 13.0 Å². The SMILES string of the molecule is CNC(=O)Cc1ccc(NCc2ccc(C#N)cc2)cc1. The van der Waals surface area contributed by atoms with E-state index in [1.807, 2.05) is 48.5 Å². The molecule has 2 aromatic carbocycles. The molecule has 2 N–H and O–H groups in total. The molecule has 0 saturated heterocycles. The van der Waals surface area contributed by atoms with Crippen molar-refractivity contribution in [2.45, 2.75) is 13.0 Å². The van der Waals surface area contributed by atoms with Gasteiger partial charge < -0.3 is 10.6 Å². The van der Waals surface area contributed by atoms with Gasteiger partial charge in [-0.3, -0.25) is 4.79 Å². The Labute approximate surface area is 124 Å². The fourth-order valence-corrected chi connectivity index (χ4v) is 1.92. The van der Waals surface area contributed by atoms with Gasteiger partial charge in [-0.15, -0.1) is 0 Å². The van der Waals surface area contributed by atoms with Crippen molar-refractivity contribution in [1.29, 1.82) is 5.26 Å². The zero-order valence-corrected chi connectivity index (χ0v) is 11.9. The first-order valence-corrected chi connectivity index (χ1v) is 6.73. The maximum Gasteiger partial charge on any atom is 0.224 e. The first-order valence-electron chi connectivity index (χ1n) is 6.73. The van der Waals surface area contributed by atoms with Crippen molar-refractivity contribution in [2.24, 2.45) is 0 Å². The maximum atomic E-state index is 11.3. The molecule has 0 radical (unpaired) electrons. The molecular formula is C17H17N3O. The summed E-state index contributed by atoms with van der Waals surface area (Å²) in [7, 11) is 1.63. The molecule has 2 aromatic rings. The molecule has 0 atom stereocenters. The third-order valence-electron chi connectivity index (χ3n) is 3.18. The van der Waals surface area contributed by atoms with Crippen LogP contribution in [0.3, 0.4) is 0 Å². The number of nitriles is 1. The number of benzene rings is 2. The first kappa shape index (κ1) is 14.6. The van der Waals surface area contributed by atoms with Crippen LogP contribution in [0.4, 0.5) is 5.69 Å². The van der Waals surface area contributed by atoms with Gasteiger partial charge in [-0.1, -0.05) is 24.3 Å². The molecule has 106 valence electrons. The number of amides is 1. The summed E-state index contributed by atoms with van der Waals surface area (Å²) in [5.74, 6) is 0.00768. The van der Waals surface area contributed by atoms with Gasteiger partial charge in [-0.25, -0.2) is 0 Å². The molecule has 0 aliphatic heterocycles. The number of nitrogens with one attached hydrogen (secondary N) is 2. The van der Waals surface area contributed by atoms with Crippen molar-refractivity contribution in [2.75, 3.05) is 12.4 Å². The second-order valence-corrected chi connectivity index (χ2v) is 4.71. The van der Waals surface area contributed by atoms with Gasteiger partial charge in [0.05, 0.1) is 18.1 Å². The minimum absolute atomic E-state index is 0.00768. The molecule has 1 amide bonds. The van der Waals surface area contributed by atoms with E-state index in [-0.39, 0.29) is 5.91 Å². The molecule has 0 aliphatic rings. The van der Waals surface area contributed by atoms with Crippen LogP contribution >= 0.6 is 0 Å². The molecule has 21 heavy (non-hydrogen) atoms. The fraction of sp³-hybridized carbons (Fsp3) is 0.176. The van der Waals surface area contributed by atoms with E-state index in [2.05, 4.69) is 16.7 Å². The van der Waals surface area contributed by atoms with Crippen LogP contribution in [0.25, 0.3) is 0 Å². The number of rotatable bonds is 5. The van der Waals surface area contributed by atoms with E-state index in [0.29, 0.717) is 18.5 Å². The Morgan fingerprint density at radius 2 is 1.67 bits per heavy atom. The molecule has 0 saturated carbocycles. The smallest absolute Gasteiger partial charge is 0.224 e. The van der Waals surface area contributed by atoms with Crippen LogP contribution in [0.1, 0.15) is 16.7 Å². The van der Waals surface area contributed by atoms with E-state index < -0.39 is 0 Å². The second kappa shape index (κ2) is 7.11. The zero-order chi connectivity index (χ0) is 15.1. The summed E-state index contributed by atoms with van der Waals surface area (Å²) in [6.45, 7) is 0.695. The summed E-state index contributed by atoms with van der Waals surface area (Å²) in [5, 5.41) is 14.7. The van der Waals surface area contributed by atoms with Crippen LogP contribution in [0, 0.1) is 11.3 Å². The highest BCUT2D eigenvalue weighted by molar-refractivity contribution is 5.78. The van der Waals surface area contributed by atoms with Crippen molar-refractivity contribution in [3.63, 3.8) is 0 Å². The Morgan fingerprint density at radius 3 is 2.24 bits per heavy atom. The van der Waals surface area contributed by atoms with Gasteiger partial charge in [0.2, 0.25) is 5.91 Å². The van der Waals surface area contributed by atoms with Crippen molar-refractivity contribution < 1.29 is 4.79 Å². The lowest BCUT2D eigenvalue weighted by Crippen LogP contribution is -2.19. The minimum Gasteiger partial charge on any atom is -0.381 e. The first-order chi connectivity index (χ1) is 10.2. The van der Waals surface area contributed by atoms with Gasteiger partial charge in [0.25, 0.3) is 0 Å². The quantitative estimate of drug-likeness (QED) is 0.883. The molecule has 0 aromatic heterocycles. The van der Waals surface area contributed by atoms with E-state index in [1.165, 1.54) is 0 Å². The highest BCUT2D eigenvalue weighted by Gasteiger charge is 2.01. The third kappa shape index (κ3) is 4.36. The second-order valence-electron chi connectivity index (χ2n) is 4.71. The lowest BCUT2D eigenvalue weighted by molar-refractivity contribution is -0.119. The summed E-state index contributed by atoms with van der Waals surface area (Å²) in [6.07, 6.45) is 0.395. The maximum absolute atomic E-state index is 11.3. The summed E-state index contributed by atoms with van der Waals surface area (Å²) in [4.78, 5) is 11.3. The van der Waals surface area contributed by atoms with E-state index in [1.54, 1.807) is 7.05 Å². The predicted molar refractivity (Wildman–Crippen MR) is 82.7 cm³/mol. The molecule has 4 nitrogen and oxygen atoms in total. The highest BCUT2D eigenvalue weighted by Crippen LogP contribution is 2.12. The number of nitrogens with zero attached hydrogens (tertiary/aromatic N) is 1. The fourth-order valence-electron chi connectivity index (χ4n) is 1.92. The Balaban J connectivity index is 1.91. The zero-order valence-electron chi connectivity index (χ0n) is 11.9. The summed E-state index contributed by atoms with van der Waals surface area (Å²) < 4.78 is 0.